The third-order valence-electron chi connectivity index (χ3n) is 3.54. The van der Waals surface area contributed by atoms with Crippen LogP contribution in [-0.2, 0) is 0 Å². The molecule has 2 amide bonds. The van der Waals surface area contributed by atoms with Gasteiger partial charge in [-0.3, -0.25) is 9.59 Å². The van der Waals surface area contributed by atoms with Crippen molar-refractivity contribution in [3.8, 4) is 0 Å². The average molecular weight is 327 g/mol. The van der Waals surface area contributed by atoms with Gasteiger partial charge in [0, 0.05) is 12.2 Å². The molecule has 1 aliphatic carbocycles. The highest BCUT2D eigenvalue weighted by Gasteiger charge is 2.25. The van der Waals surface area contributed by atoms with Crippen molar-refractivity contribution in [2.75, 3.05) is 11.6 Å². The zero-order chi connectivity index (χ0) is 16.2. The standard InChI is InChI=1S/C17H17N3O2S/c1-23-17-13(6-4-10-18-17)16(22)20-14-7-3-2-5-12(14)15(21)19-11-8-9-11/h2-7,10-11H,8-9H2,1H3,(H,19,21)(H,20,22). The molecule has 2 N–H and O–H groups in total. The highest BCUT2D eigenvalue weighted by molar-refractivity contribution is 7.98. The van der Waals surface area contributed by atoms with E-state index in [-0.39, 0.29) is 17.9 Å². The maximum atomic E-state index is 12.5. The smallest absolute Gasteiger partial charge is 0.258 e. The molecule has 0 atom stereocenters. The lowest BCUT2D eigenvalue weighted by Gasteiger charge is -2.12. The molecule has 1 fully saturated rings. The van der Waals surface area contributed by atoms with Crippen LogP contribution in [0.5, 0.6) is 0 Å². The van der Waals surface area contributed by atoms with Crippen LogP contribution in [0.2, 0.25) is 0 Å². The number of pyridine rings is 1. The van der Waals surface area contributed by atoms with Crippen molar-refractivity contribution in [2.24, 2.45) is 0 Å². The summed E-state index contributed by atoms with van der Waals surface area (Å²) in [5.74, 6) is -0.422. The number of amides is 2. The molecule has 0 saturated heterocycles. The summed E-state index contributed by atoms with van der Waals surface area (Å²) < 4.78 is 0. The number of rotatable bonds is 5. The number of carbonyl (C=O) groups is 2. The lowest BCUT2D eigenvalue weighted by molar-refractivity contribution is 0.0952. The first-order valence-corrected chi connectivity index (χ1v) is 8.62. The van der Waals surface area contributed by atoms with Crippen LogP contribution in [0.4, 0.5) is 5.69 Å². The number of nitrogens with zero attached hydrogens (tertiary/aromatic N) is 1. The van der Waals surface area contributed by atoms with Crippen molar-refractivity contribution in [3.63, 3.8) is 0 Å². The topological polar surface area (TPSA) is 71.1 Å². The molecular formula is C17H17N3O2S. The minimum absolute atomic E-state index is 0.153. The summed E-state index contributed by atoms with van der Waals surface area (Å²) in [6.07, 6.45) is 5.57. The van der Waals surface area contributed by atoms with Crippen molar-refractivity contribution >= 4 is 29.3 Å². The third-order valence-corrected chi connectivity index (χ3v) is 4.25. The molecule has 118 valence electrons. The Labute approximate surface area is 138 Å². The van der Waals surface area contributed by atoms with Crippen molar-refractivity contribution in [3.05, 3.63) is 53.7 Å². The number of thioether (sulfide) groups is 1. The quantitative estimate of drug-likeness (QED) is 0.828. The molecule has 2 aromatic rings. The lowest BCUT2D eigenvalue weighted by Crippen LogP contribution is -2.27. The summed E-state index contributed by atoms with van der Waals surface area (Å²) in [5, 5.41) is 6.42. The largest absolute Gasteiger partial charge is 0.349 e. The molecule has 1 saturated carbocycles. The van der Waals surface area contributed by atoms with Crippen molar-refractivity contribution in [1.82, 2.24) is 10.3 Å². The maximum Gasteiger partial charge on any atom is 0.258 e. The van der Waals surface area contributed by atoms with Gasteiger partial charge in [0.05, 0.1) is 16.8 Å². The number of nitrogens with one attached hydrogen (secondary N) is 2. The van der Waals surface area contributed by atoms with Crippen LogP contribution in [0.25, 0.3) is 0 Å². The van der Waals surface area contributed by atoms with E-state index in [1.165, 1.54) is 11.8 Å². The fourth-order valence-electron chi connectivity index (χ4n) is 2.20. The molecule has 1 aromatic carbocycles. The van der Waals surface area contributed by atoms with Gasteiger partial charge in [0.1, 0.15) is 5.03 Å². The number of aromatic nitrogens is 1. The summed E-state index contributed by atoms with van der Waals surface area (Å²) in [6.45, 7) is 0. The second-order valence-electron chi connectivity index (χ2n) is 5.31. The molecule has 3 rings (SSSR count). The van der Waals surface area contributed by atoms with Crippen LogP contribution in [0.15, 0.2) is 47.6 Å². The van der Waals surface area contributed by atoms with E-state index in [1.807, 2.05) is 6.26 Å². The summed E-state index contributed by atoms with van der Waals surface area (Å²) in [7, 11) is 0. The van der Waals surface area contributed by atoms with Gasteiger partial charge in [0.25, 0.3) is 11.8 Å². The van der Waals surface area contributed by atoms with Gasteiger partial charge < -0.3 is 10.6 Å². The van der Waals surface area contributed by atoms with Crippen LogP contribution in [0.3, 0.4) is 0 Å². The molecule has 1 aliphatic rings. The Morgan fingerprint density at radius 1 is 1.09 bits per heavy atom. The monoisotopic (exact) mass is 327 g/mol. The zero-order valence-corrected chi connectivity index (χ0v) is 13.5. The summed E-state index contributed by atoms with van der Waals surface area (Å²) in [6, 6.07) is 10.7. The maximum absolute atomic E-state index is 12.5. The van der Waals surface area contributed by atoms with E-state index in [0.29, 0.717) is 21.8 Å². The number of benzene rings is 1. The number of hydrogen-bond donors (Lipinski definition) is 2. The average Bonchev–Trinajstić information content (AvgIpc) is 3.39. The van der Waals surface area contributed by atoms with E-state index >= 15 is 0 Å². The van der Waals surface area contributed by atoms with Gasteiger partial charge in [0.2, 0.25) is 0 Å². The lowest BCUT2D eigenvalue weighted by atomic mass is 10.1. The molecular weight excluding hydrogens is 310 g/mol. The van der Waals surface area contributed by atoms with Crippen molar-refractivity contribution in [1.29, 1.82) is 0 Å². The molecule has 0 radical (unpaired) electrons. The Morgan fingerprint density at radius 2 is 1.83 bits per heavy atom. The third kappa shape index (κ3) is 3.71. The first-order valence-electron chi connectivity index (χ1n) is 7.39. The van der Waals surface area contributed by atoms with Crippen molar-refractivity contribution in [2.45, 2.75) is 23.9 Å². The van der Waals surface area contributed by atoms with E-state index in [1.54, 1.807) is 42.6 Å². The molecule has 1 heterocycles. The van der Waals surface area contributed by atoms with Crippen LogP contribution in [-0.4, -0.2) is 29.1 Å². The minimum Gasteiger partial charge on any atom is -0.349 e. The molecule has 0 bridgehead atoms. The second-order valence-corrected chi connectivity index (χ2v) is 6.10. The highest BCUT2D eigenvalue weighted by Crippen LogP contribution is 2.23. The van der Waals surface area contributed by atoms with E-state index in [9.17, 15) is 9.59 Å². The Hall–Kier alpha value is -2.34. The second kappa shape index (κ2) is 6.83. The van der Waals surface area contributed by atoms with Gasteiger partial charge in [-0.25, -0.2) is 4.98 Å². The highest BCUT2D eigenvalue weighted by atomic mass is 32.2. The van der Waals surface area contributed by atoms with E-state index < -0.39 is 0 Å². The van der Waals surface area contributed by atoms with Crippen LogP contribution < -0.4 is 10.6 Å². The number of anilines is 1. The van der Waals surface area contributed by atoms with Crippen LogP contribution in [0.1, 0.15) is 33.6 Å². The van der Waals surface area contributed by atoms with Gasteiger partial charge in [0.15, 0.2) is 0 Å². The Bertz CT molecular complexity index is 744. The Morgan fingerprint density at radius 3 is 2.57 bits per heavy atom. The van der Waals surface area contributed by atoms with E-state index in [2.05, 4.69) is 15.6 Å². The van der Waals surface area contributed by atoms with Gasteiger partial charge in [-0.1, -0.05) is 12.1 Å². The molecule has 23 heavy (non-hydrogen) atoms. The predicted molar refractivity (Wildman–Crippen MR) is 90.9 cm³/mol. The number of carbonyl (C=O) groups excluding carboxylic acids is 2. The first kappa shape index (κ1) is 15.6. The number of hydrogen-bond acceptors (Lipinski definition) is 4. The fraction of sp³-hybridized carbons (Fsp3) is 0.235. The van der Waals surface area contributed by atoms with Gasteiger partial charge in [-0.15, -0.1) is 11.8 Å². The fourth-order valence-corrected chi connectivity index (χ4v) is 2.74. The molecule has 0 spiro atoms. The Balaban J connectivity index is 1.82. The van der Waals surface area contributed by atoms with Crippen LogP contribution in [0, 0.1) is 0 Å². The summed E-state index contributed by atoms with van der Waals surface area (Å²) >= 11 is 1.41. The minimum atomic E-state index is -0.269. The van der Waals surface area contributed by atoms with Gasteiger partial charge in [-0.2, -0.15) is 0 Å². The Kier molecular flexibility index (Phi) is 4.62. The molecule has 1 aromatic heterocycles. The summed E-state index contributed by atoms with van der Waals surface area (Å²) in [4.78, 5) is 29.0. The SMILES string of the molecule is CSc1ncccc1C(=O)Nc1ccccc1C(=O)NC1CC1. The van der Waals surface area contributed by atoms with E-state index in [0.717, 1.165) is 12.8 Å². The molecule has 6 heteroatoms. The molecule has 0 aliphatic heterocycles. The zero-order valence-electron chi connectivity index (χ0n) is 12.7. The van der Waals surface area contributed by atoms with Gasteiger partial charge in [-0.05, 0) is 43.4 Å². The normalized spacial score (nSPS) is 13.4. The van der Waals surface area contributed by atoms with E-state index in [4.69, 9.17) is 0 Å². The number of para-hydroxylation sites is 1. The molecule has 0 unspecified atom stereocenters. The molecule has 5 nitrogen and oxygen atoms in total. The van der Waals surface area contributed by atoms with Crippen molar-refractivity contribution < 1.29 is 9.59 Å². The predicted octanol–water partition coefficient (Wildman–Crippen LogP) is 2.95. The van der Waals surface area contributed by atoms with Crippen LogP contribution >= 0.6 is 11.8 Å². The first-order chi connectivity index (χ1) is 11.2. The van der Waals surface area contributed by atoms with Gasteiger partial charge >= 0.3 is 0 Å². The summed E-state index contributed by atoms with van der Waals surface area (Å²) in [5.41, 5.74) is 1.48.